The number of aromatic amines is 2. The van der Waals surface area contributed by atoms with E-state index in [2.05, 4.69) is 31.6 Å². The first-order valence-electron chi connectivity index (χ1n) is 23.6. The Balaban J connectivity index is 0.946. The van der Waals surface area contributed by atoms with Gasteiger partial charge in [-0.2, -0.15) is 5.10 Å². The number of likely N-dealkylation sites (tertiary alicyclic amines) is 2. The van der Waals surface area contributed by atoms with Crippen LogP contribution in [0, 0.1) is 17.7 Å². The number of alkyl carbamates (subject to hydrolysis) is 2. The van der Waals surface area contributed by atoms with Crippen molar-refractivity contribution >= 4 is 35.2 Å². The average molecular weight is 942 g/mol. The lowest BCUT2D eigenvalue weighted by molar-refractivity contribution is -0.136. The number of carbonyl (C=O) groups is 4. The van der Waals surface area contributed by atoms with Gasteiger partial charge in [-0.05, 0) is 97.5 Å². The van der Waals surface area contributed by atoms with Crippen LogP contribution in [-0.2, 0) is 25.5 Å². The minimum Gasteiger partial charge on any atom is -0.464 e. The van der Waals surface area contributed by atoms with Crippen LogP contribution in [0.15, 0.2) is 73.2 Å². The number of anilines is 1. The summed E-state index contributed by atoms with van der Waals surface area (Å²) in [5.74, 6) is 0.442. The molecule has 0 radical (unpaired) electrons. The molecule has 19 heteroatoms. The maximum atomic E-state index is 17.0. The zero-order chi connectivity index (χ0) is 48.2. The van der Waals surface area contributed by atoms with Crippen LogP contribution < -0.4 is 20.3 Å². The average Bonchev–Trinajstić information content (AvgIpc) is 4.21. The third-order valence-electron chi connectivity index (χ3n) is 14.0. The van der Waals surface area contributed by atoms with Crippen LogP contribution in [0.3, 0.4) is 0 Å². The van der Waals surface area contributed by atoms with E-state index in [9.17, 15) is 19.2 Å². The summed E-state index contributed by atoms with van der Waals surface area (Å²) >= 11 is 0. The summed E-state index contributed by atoms with van der Waals surface area (Å²) in [5.41, 5.74) is 6.61. The van der Waals surface area contributed by atoms with Crippen molar-refractivity contribution in [1.82, 2.24) is 50.0 Å². The van der Waals surface area contributed by atoms with E-state index >= 15 is 4.39 Å². The van der Waals surface area contributed by atoms with Gasteiger partial charge in [0, 0.05) is 30.5 Å². The molecule has 2 aromatic carbocycles. The molecule has 10 rings (SSSR count). The van der Waals surface area contributed by atoms with E-state index in [0.29, 0.717) is 65.8 Å². The zero-order valence-corrected chi connectivity index (χ0v) is 39.4. The normalized spacial score (nSPS) is 20.4. The molecule has 69 heavy (non-hydrogen) atoms. The third-order valence-corrected chi connectivity index (χ3v) is 14.0. The first kappa shape index (κ1) is 45.3. The molecule has 4 amide bonds. The predicted molar refractivity (Wildman–Crippen MR) is 251 cm³/mol. The van der Waals surface area contributed by atoms with Gasteiger partial charge in [-0.3, -0.25) is 9.59 Å². The van der Waals surface area contributed by atoms with Crippen LogP contribution >= 0.6 is 0 Å². The molecule has 0 saturated carbocycles. The molecule has 2 fully saturated rings. The number of hydrogen-bond acceptors (Lipinski definition) is 11. The smallest absolute Gasteiger partial charge is 0.407 e. The van der Waals surface area contributed by atoms with Gasteiger partial charge in [0.25, 0.3) is 0 Å². The Morgan fingerprint density at radius 1 is 0.768 bits per heavy atom. The molecule has 6 aromatic rings. The Morgan fingerprint density at radius 3 is 1.96 bits per heavy atom. The summed E-state index contributed by atoms with van der Waals surface area (Å²) in [6.45, 7) is 8.55. The fraction of sp³-hybridized carbons (Fsp3) is 0.420. The minimum absolute atomic E-state index is 0.155. The summed E-state index contributed by atoms with van der Waals surface area (Å²) in [6.07, 6.45) is 6.69. The lowest BCUT2D eigenvalue weighted by atomic mass is 9.96. The Hall–Kier alpha value is -7.44. The molecular formula is C50H56FN11O7. The van der Waals surface area contributed by atoms with Crippen LogP contribution in [0.4, 0.5) is 19.7 Å². The number of aromatic nitrogens is 6. The van der Waals surface area contributed by atoms with E-state index in [-0.39, 0.29) is 35.7 Å². The molecule has 6 atom stereocenters. The van der Waals surface area contributed by atoms with E-state index in [1.54, 1.807) is 26.7 Å². The monoisotopic (exact) mass is 941 g/mol. The number of nitrogens with one attached hydrogen (secondary N) is 4. The third kappa shape index (κ3) is 8.26. The second-order valence-electron chi connectivity index (χ2n) is 18.9. The number of fused-ring (bicyclic) bond motifs is 6. The number of benzene rings is 2. The molecule has 0 aliphatic carbocycles. The summed E-state index contributed by atoms with van der Waals surface area (Å²) in [5, 5.41) is 10.3. The number of amides is 4. The molecule has 8 heterocycles. The van der Waals surface area contributed by atoms with Crippen molar-refractivity contribution in [3.8, 4) is 28.3 Å². The number of pyridine rings is 1. The van der Waals surface area contributed by atoms with Crippen molar-refractivity contribution in [1.29, 1.82) is 0 Å². The van der Waals surface area contributed by atoms with Crippen molar-refractivity contribution in [3.05, 3.63) is 107 Å². The Morgan fingerprint density at radius 2 is 1.38 bits per heavy atom. The highest BCUT2D eigenvalue weighted by Gasteiger charge is 2.46. The first-order chi connectivity index (χ1) is 33.3. The molecule has 4 aromatic heterocycles. The summed E-state index contributed by atoms with van der Waals surface area (Å²) in [4.78, 5) is 73.9. The highest BCUT2D eigenvalue weighted by Crippen LogP contribution is 2.53. The number of hydrogen-bond donors (Lipinski definition) is 4. The Kier molecular flexibility index (Phi) is 12.0. The van der Waals surface area contributed by atoms with Crippen molar-refractivity contribution < 1.29 is 37.8 Å². The second kappa shape index (κ2) is 18.2. The topological polar surface area (TPSA) is 204 Å². The maximum Gasteiger partial charge on any atom is 0.407 e. The number of H-pyrrole nitrogens is 2. The standard InChI is InChI=1S/C50H56FN11O7/c1-26(2)42(56-49(65)67-5)46(63)59-16-9-12-37(59)44-52-24-34(54-44)28-14-15-36-30(19-28)21-39-41-32(51)20-29(22-40(41)69-48(62(36)39)33-23-31-11-7-8-18-61(31)58-33)35-25-53-45(55-35)38-13-10-17-60(38)47(64)43(27(3)4)57-50(66)68-6/h7-8,11,14-15,18-20,22-27,37-39,42-43,48H,9-10,12-13,16-17,21H2,1-6H3,(H,52,54)(H,53,55)(H,56,65)(H,57,66)/t37-,38-,39?,42-,43-,48?/m0/s1. The summed E-state index contributed by atoms with van der Waals surface area (Å²) < 4.78 is 35.2. The van der Waals surface area contributed by atoms with Gasteiger partial charge in [-0.1, -0.05) is 39.8 Å². The van der Waals surface area contributed by atoms with Crippen LogP contribution in [-0.4, -0.2) is 103 Å². The van der Waals surface area contributed by atoms with Gasteiger partial charge < -0.3 is 49.5 Å². The lowest BCUT2D eigenvalue weighted by Crippen LogP contribution is -2.51. The van der Waals surface area contributed by atoms with Gasteiger partial charge in [0.05, 0.1) is 67.2 Å². The predicted octanol–water partition coefficient (Wildman–Crippen LogP) is 7.54. The quantitative estimate of drug-likeness (QED) is 0.0999. The number of nitrogens with zero attached hydrogens (tertiary/aromatic N) is 7. The SMILES string of the molecule is COC(=O)N[C@H](C(=O)N1CCC[C@H]1c1ncc(-c2ccc3c(c2)CC2c4c(F)cc(-c5cnc([C@@H]6CCCN6C(=O)[C@@H](NC(=O)OC)C(C)C)[nH]5)cc4OC(c4cc5ccccn5n4)N32)[nH]1)C(C)C. The highest BCUT2D eigenvalue weighted by atomic mass is 19.1. The number of carbonyl (C=O) groups excluding carboxylic acids is 4. The van der Waals surface area contributed by atoms with Crippen molar-refractivity contribution in [2.75, 3.05) is 32.2 Å². The Bertz CT molecular complexity index is 2910. The van der Waals surface area contributed by atoms with Gasteiger partial charge in [0.2, 0.25) is 18.0 Å². The highest BCUT2D eigenvalue weighted by molar-refractivity contribution is 5.87. The van der Waals surface area contributed by atoms with E-state index < -0.39 is 42.4 Å². The van der Waals surface area contributed by atoms with Crippen LogP contribution in [0.25, 0.3) is 28.0 Å². The second-order valence-corrected chi connectivity index (χ2v) is 18.9. The molecule has 4 N–H and O–H groups in total. The minimum atomic E-state index is -0.777. The van der Waals surface area contributed by atoms with Gasteiger partial charge in [-0.15, -0.1) is 0 Å². The molecule has 4 aliphatic heterocycles. The summed E-state index contributed by atoms with van der Waals surface area (Å²) in [7, 11) is 2.54. The van der Waals surface area contributed by atoms with E-state index in [0.717, 1.165) is 47.3 Å². The van der Waals surface area contributed by atoms with Crippen molar-refractivity contribution in [3.63, 3.8) is 0 Å². The lowest BCUT2D eigenvalue weighted by Gasteiger charge is -2.40. The number of rotatable bonds is 11. The van der Waals surface area contributed by atoms with E-state index in [1.807, 2.05) is 76.4 Å². The molecule has 18 nitrogen and oxygen atoms in total. The van der Waals surface area contributed by atoms with Crippen molar-refractivity contribution in [2.24, 2.45) is 11.8 Å². The summed E-state index contributed by atoms with van der Waals surface area (Å²) in [6, 6.07) is 14.7. The fourth-order valence-electron chi connectivity index (χ4n) is 10.5. The number of ether oxygens (including phenoxy) is 3. The van der Waals surface area contributed by atoms with Gasteiger partial charge in [0.15, 0.2) is 0 Å². The molecule has 360 valence electrons. The molecule has 2 saturated heterocycles. The Labute approximate surface area is 397 Å². The molecular weight excluding hydrogens is 886 g/mol. The van der Waals surface area contributed by atoms with Gasteiger partial charge in [0.1, 0.15) is 41.0 Å². The number of halogens is 1. The van der Waals surface area contributed by atoms with Crippen LogP contribution in [0.2, 0.25) is 0 Å². The van der Waals surface area contributed by atoms with Crippen LogP contribution in [0.5, 0.6) is 5.75 Å². The number of imidazole rings is 2. The van der Waals surface area contributed by atoms with Crippen LogP contribution in [0.1, 0.15) is 106 Å². The molecule has 0 bridgehead atoms. The fourth-order valence-corrected chi connectivity index (χ4v) is 10.5. The molecule has 4 aliphatic rings. The van der Waals surface area contributed by atoms with E-state index in [4.69, 9.17) is 29.3 Å². The molecule has 2 unspecified atom stereocenters. The van der Waals surface area contributed by atoms with Crippen molar-refractivity contribution in [2.45, 2.75) is 96.2 Å². The zero-order valence-electron chi connectivity index (χ0n) is 39.4. The number of methoxy groups -OCH3 is 2. The van der Waals surface area contributed by atoms with E-state index in [1.165, 1.54) is 20.3 Å². The first-order valence-corrected chi connectivity index (χ1v) is 23.6. The maximum absolute atomic E-state index is 17.0. The van der Waals surface area contributed by atoms with Gasteiger partial charge in [-0.25, -0.2) is 28.5 Å². The molecule has 0 spiro atoms. The van der Waals surface area contributed by atoms with Gasteiger partial charge >= 0.3 is 12.2 Å². The largest absolute Gasteiger partial charge is 0.464 e.